The van der Waals surface area contributed by atoms with E-state index in [9.17, 15) is 29.7 Å². The minimum atomic E-state index is -0.988. The zero-order valence-electron chi connectivity index (χ0n) is 44.0. The molecule has 0 aromatic heterocycles. The lowest BCUT2D eigenvalue weighted by Gasteiger charge is -2.28. The summed E-state index contributed by atoms with van der Waals surface area (Å²) in [4.78, 5) is 33.9. The summed E-state index contributed by atoms with van der Waals surface area (Å²) in [6, 6.07) is 11.5. The number of phenols is 3. The van der Waals surface area contributed by atoms with Crippen molar-refractivity contribution in [2.75, 3.05) is 6.61 Å². The normalized spacial score (nSPS) is 12.2. The first kappa shape index (κ1) is 58.7. The Hall–Kier alpha value is -5.31. The Bertz CT molecular complexity index is 2050. The maximum Gasteiger partial charge on any atom is 0.333 e. The third kappa shape index (κ3) is 17.2. The highest BCUT2D eigenvalue weighted by atomic mass is 16.5. The highest BCUT2D eigenvalue weighted by Gasteiger charge is 2.30. The SMILES string of the molecule is C=C(Cc1cc(C(C)(C)C)c(O)c(C(C)(C)C)c1)C(=O)O.C=C(Cc1cc(C(C)(C)C)c(O)c(C(C)(C)C)c1)C(=O)O.C=C(Cc1cc(C(C)(C)C)c(O)c(C(C)(C)C)c1)C(=O)OCCC. The summed E-state index contributed by atoms with van der Waals surface area (Å²) in [5.74, 6) is -1.37. The van der Waals surface area contributed by atoms with Crippen molar-refractivity contribution in [3.8, 4) is 17.2 Å². The van der Waals surface area contributed by atoms with Crippen LogP contribution in [-0.4, -0.2) is 50.0 Å². The van der Waals surface area contributed by atoms with Crippen molar-refractivity contribution in [3.63, 3.8) is 0 Å². The van der Waals surface area contributed by atoms with Gasteiger partial charge in [0.05, 0.1) is 6.61 Å². The number of benzene rings is 3. The Labute approximate surface area is 397 Å². The van der Waals surface area contributed by atoms with E-state index in [2.05, 4.69) is 61.3 Å². The molecular formula is C57H84O9. The van der Waals surface area contributed by atoms with E-state index in [0.29, 0.717) is 35.8 Å². The first-order valence-electron chi connectivity index (χ1n) is 22.8. The van der Waals surface area contributed by atoms with Gasteiger partial charge in [-0.1, -0.05) is 188 Å². The van der Waals surface area contributed by atoms with Crippen LogP contribution in [0.2, 0.25) is 0 Å². The van der Waals surface area contributed by atoms with Crippen molar-refractivity contribution >= 4 is 17.9 Å². The van der Waals surface area contributed by atoms with E-state index in [0.717, 1.165) is 56.5 Å². The molecule has 0 heterocycles. The van der Waals surface area contributed by atoms with Crippen LogP contribution in [0.25, 0.3) is 0 Å². The number of hydrogen-bond donors (Lipinski definition) is 5. The summed E-state index contributed by atoms with van der Waals surface area (Å²) in [7, 11) is 0. The monoisotopic (exact) mass is 913 g/mol. The minimum Gasteiger partial charge on any atom is -0.507 e. The van der Waals surface area contributed by atoms with E-state index in [4.69, 9.17) is 14.9 Å². The number of hydrogen-bond acceptors (Lipinski definition) is 7. The fourth-order valence-corrected chi connectivity index (χ4v) is 7.08. The second-order valence-electron chi connectivity index (χ2n) is 23.7. The molecule has 0 aliphatic rings. The summed E-state index contributed by atoms with van der Waals surface area (Å²) >= 11 is 0. The fourth-order valence-electron chi connectivity index (χ4n) is 7.08. The van der Waals surface area contributed by atoms with Gasteiger partial charge >= 0.3 is 17.9 Å². The highest BCUT2D eigenvalue weighted by molar-refractivity contribution is 5.88. The van der Waals surface area contributed by atoms with Crippen LogP contribution in [0.4, 0.5) is 0 Å². The first-order chi connectivity index (χ1) is 29.5. The second-order valence-corrected chi connectivity index (χ2v) is 23.7. The van der Waals surface area contributed by atoms with Crippen molar-refractivity contribution in [2.45, 2.75) is 190 Å². The lowest BCUT2D eigenvalue weighted by molar-refractivity contribution is -0.139. The van der Waals surface area contributed by atoms with Gasteiger partial charge < -0.3 is 30.3 Å². The van der Waals surface area contributed by atoms with Crippen LogP contribution in [0.15, 0.2) is 72.9 Å². The van der Waals surface area contributed by atoms with E-state index in [-0.39, 0.29) is 62.4 Å². The van der Waals surface area contributed by atoms with E-state index in [1.54, 1.807) is 0 Å². The topological polar surface area (TPSA) is 162 Å². The smallest absolute Gasteiger partial charge is 0.333 e. The Morgan fingerprint density at radius 3 is 0.788 bits per heavy atom. The summed E-state index contributed by atoms with van der Waals surface area (Å²) < 4.78 is 5.16. The third-order valence-electron chi connectivity index (χ3n) is 10.9. The predicted octanol–water partition coefficient (Wildman–Crippen LogP) is 13.4. The Morgan fingerprint density at radius 1 is 0.424 bits per heavy atom. The van der Waals surface area contributed by atoms with Gasteiger partial charge in [0, 0.05) is 36.0 Å². The number of carbonyl (C=O) groups is 3. The molecule has 0 aliphatic heterocycles. The van der Waals surface area contributed by atoms with Gasteiger partial charge in [-0.3, -0.25) is 0 Å². The zero-order valence-corrected chi connectivity index (χ0v) is 44.0. The number of ether oxygens (including phenoxy) is 1. The van der Waals surface area contributed by atoms with Crippen molar-refractivity contribution in [2.24, 2.45) is 0 Å². The molecule has 0 unspecified atom stereocenters. The van der Waals surface area contributed by atoms with Gasteiger partial charge in [0.1, 0.15) is 17.2 Å². The van der Waals surface area contributed by atoms with Gasteiger partial charge in [0.2, 0.25) is 0 Å². The molecule has 0 amide bonds. The van der Waals surface area contributed by atoms with Crippen molar-refractivity contribution in [1.82, 2.24) is 0 Å². The molecule has 0 bridgehead atoms. The van der Waals surface area contributed by atoms with Crippen LogP contribution in [0, 0.1) is 0 Å². The molecule has 0 saturated heterocycles. The van der Waals surface area contributed by atoms with Crippen molar-refractivity contribution < 1.29 is 44.7 Å². The van der Waals surface area contributed by atoms with Crippen molar-refractivity contribution in [3.05, 3.63) is 123 Å². The number of rotatable bonds is 11. The summed E-state index contributed by atoms with van der Waals surface area (Å²) in [6.45, 7) is 50.2. The maximum absolute atomic E-state index is 12.0. The summed E-state index contributed by atoms with van der Waals surface area (Å²) in [5, 5.41) is 49.9. The molecule has 5 N–H and O–H groups in total. The van der Waals surface area contributed by atoms with Gasteiger partial charge in [-0.15, -0.1) is 0 Å². The molecule has 66 heavy (non-hydrogen) atoms. The van der Waals surface area contributed by atoms with Crippen LogP contribution < -0.4 is 0 Å². The fraction of sp³-hybridized carbons (Fsp3) is 0.526. The van der Waals surface area contributed by atoms with Crippen LogP contribution in [-0.2, 0) is 70.9 Å². The highest BCUT2D eigenvalue weighted by Crippen LogP contribution is 2.43. The number of aromatic hydroxyl groups is 3. The van der Waals surface area contributed by atoms with Crippen molar-refractivity contribution in [1.29, 1.82) is 0 Å². The quantitative estimate of drug-likeness (QED) is 0.0931. The van der Waals surface area contributed by atoms with E-state index >= 15 is 0 Å². The summed E-state index contributed by atoms with van der Waals surface area (Å²) in [6.07, 6.45) is 1.78. The maximum atomic E-state index is 12.0. The molecule has 9 heteroatoms. The van der Waals surface area contributed by atoms with Gasteiger partial charge in [0.15, 0.2) is 0 Å². The van der Waals surface area contributed by atoms with E-state index < -0.39 is 11.9 Å². The van der Waals surface area contributed by atoms with Crippen LogP contribution in [0.3, 0.4) is 0 Å². The van der Waals surface area contributed by atoms with E-state index in [1.807, 2.05) is 126 Å². The van der Waals surface area contributed by atoms with Gasteiger partial charge in [-0.25, -0.2) is 14.4 Å². The Morgan fingerprint density at radius 2 is 0.621 bits per heavy atom. The molecule has 9 nitrogen and oxygen atoms in total. The number of phenolic OH excluding ortho intramolecular Hbond substituents is 3. The molecule has 0 fully saturated rings. The molecule has 0 radical (unpaired) electrons. The average Bonchev–Trinajstić information content (AvgIpc) is 3.13. The van der Waals surface area contributed by atoms with E-state index in [1.165, 1.54) is 0 Å². The molecule has 3 aromatic rings. The molecule has 0 atom stereocenters. The number of carboxylic acids is 2. The minimum absolute atomic E-state index is 0.153. The Kier molecular flexibility index (Phi) is 19.6. The molecule has 366 valence electrons. The number of aliphatic carboxylic acids is 2. The molecule has 3 rings (SSSR count). The van der Waals surface area contributed by atoms with Gasteiger partial charge in [-0.05, 0) is 89.0 Å². The molecule has 0 aliphatic carbocycles. The molecular weight excluding hydrogens is 829 g/mol. The number of carbonyl (C=O) groups excluding carboxylic acids is 1. The molecule has 0 saturated carbocycles. The second kappa shape index (κ2) is 22.0. The standard InChI is InChI=1S/C21H32O3.2C18H26O3/c1-9-10-24-19(23)14(2)11-15-12-16(20(3,4)5)18(22)17(13-15)21(6,7)8;2*1-11(16(20)21)8-12-9-13(17(2,3)4)15(19)14(10-12)18(5,6)7/h12-13,22H,2,9-11H2,1,3-8H3;2*9-10,19H,1,8H2,2-7H3,(H,20,21). The molecule has 0 spiro atoms. The largest absolute Gasteiger partial charge is 0.507 e. The lowest BCUT2D eigenvalue weighted by Crippen LogP contribution is -2.18. The molecule has 3 aromatic carbocycles. The predicted molar refractivity (Wildman–Crippen MR) is 272 cm³/mol. The van der Waals surface area contributed by atoms with Gasteiger partial charge in [-0.2, -0.15) is 0 Å². The number of carboxylic acid groups (broad SMARTS) is 2. The zero-order chi connectivity index (χ0) is 51.9. The first-order valence-corrected chi connectivity index (χ1v) is 22.8. The van der Waals surface area contributed by atoms with Crippen LogP contribution in [0.1, 0.15) is 188 Å². The summed E-state index contributed by atoms with van der Waals surface area (Å²) in [5.41, 5.74) is 7.33. The lowest BCUT2D eigenvalue weighted by atomic mass is 9.78. The number of esters is 1. The van der Waals surface area contributed by atoms with Crippen LogP contribution >= 0.6 is 0 Å². The average molecular weight is 913 g/mol. The third-order valence-corrected chi connectivity index (χ3v) is 10.9. The Balaban J connectivity index is 0.000000497. The van der Waals surface area contributed by atoms with Crippen LogP contribution in [0.5, 0.6) is 17.2 Å². The van der Waals surface area contributed by atoms with Gasteiger partial charge in [0.25, 0.3) is 0 Å².